The molecule has 1 aromatic heterocycles. The van der Waals surface area contributed by atoms with Gasteiger partial charge in [0, 0.05) is 12.5 Å². The van der Waals surface area contributed by atoms with E-state index < -0.39 is 0 Å². The molecule has 98 valence electrons. The minimum Gasteiger partial charge on any atom is -0.459 e. The molecule has 0 radical (unpaired) electrons. The van der Waals surface area contributed by atoms with Gasteiger partial charge in [-0.2, -0.15) is 0 Å². The monoisotopic (exact) mass is 247 g/mol. The second kappa shape index (κ2) is 6.03. The van der Waals surface area contributed by atoms with E-state index >= 15 is 0 Å². The molecule has 0 fully saturated rings. The first-order valence-corrected chi connectivity index (χ1v) is 6.47. The Kier molecular flexibility index (Phi) is 4.39. The van der Waals surface area contributed by atoms with E-state index in [0.717, 1.165) is 30.8 Å². The number of ether oxygens (including phenoxy) is 1. The van der Waals surface area contributed by atoms with E-state index in [2.05, 4.69) is 30.4 Å². The average Bonchev–Trinajstić information content (AvgIpc) is 2.80. The summed E-state index contributed by atoms with van der Waals surface area (Å²) in [6, 6.07) is 8.76. The normalized spacial score (nSPS) is 13.1. The molecule has 1 unspecified atom stereocenters. The second-order valence-corrected chi connectivity index (χ2v) is 4.51. The van der Waals surface area contributed by atoms with E-state index in [1.54, 1.807) is 7.11 Å². The van der Waals surface area contributed by atoms with Gasteiger partial charge in [-0.3, -0.25) is 0 Å². The summed E-state index contributed by atoms with van der Waals surface area (Å²) in [5.74, 6) is 1.01. The molecule has 2 rings (SSSR count). The van der Waals surface area contributed by atoms with Gasteiger partial charge in [-0.1, -0.05) is 13.0 Å². The van der Waals surface area contributed by atoms with Crippen molar-refractivity contribution in [3.63, 3.8) is 0 Å². The molecule has 3 heteroatoms. The molecule has 0 spiro atoms. The first-order valence-electron chi connectivity index (χ1n) is 6.47. The maximum atomic E-state index is 5.88. The van der Waals surface area contributed by atoms with Crippen LogP contribution in [-0.2, 0) is 11.2 Å². The van der Waals surface area contributed by atoms with E-state index in [9.17, 15) is 0 Å². The van der Waals surface area contributed by atoms with Gasteiger partial charge in [0.2, 0.25) is 0 Å². The van der Waals surface area contributed by atoms with Crippen LogP contribution in [0, 0.1) is 0 Å². The van der Waals surface area contributed by atoms with Crippen molar-refractivity contribution in [1.29, 1.82) is 0 Å². The zero-order chi connectivity index (χ0) is 13.0. The third-order valence-electron chi connectivity index (χ3n) is 3.29. The summed E-state index contributed by atoms with van der Waals surface area (Å²) >= 11 is 0. The lowest BCUT2D eigenvalue weighted by molar-refractivity contribution is 0.202. The van der Waals surface area contributed by atoms with Crippen LogP contribution in [0.3, 0.4) is 0 Å². The molecule has 3 nitrogen and oxygen atoms in total. The highest BCUT2D eigenvalue weighted by Crippen LogP contribution is 2.26. The topological polar surface area (TPSA) is 34.4 Å². The maximum Gasteiger partial charge on any atom is 0.134 e. The number of nitrogens with one attached hydrogen (secondary N) is 1. The lowest BCUT2D eigenvalue weighted by Crippen LogP contribution is -2.14. The summed E-state index contributed by atoms with van der Waals surface area (Å²) < 4.78 is 11.0. The van der Waals surface area contributed by atoms with Gasteiger partial charge in [-0.15, -0.1) is 0 Å². The molecule has 2 aromatic rings. The largest absolute Gasteiger partial charge is 0.459 e. The van der Waals surface area contributed by atoms with Crippen molar-refractivity contribution in [3.05, 3.63) is 35.6 Å². The molecule has 0 aliphatic rings. The zero-order valence-corrected chi connectivity index (χ0v) is 11.3. The van der Waals surface area contributed by atoms with E-state index in [1.165, 1.54) is 10.9 Å². The molecular weight excluding hydrogens is 226 g/mol. The fourth-order valence-corrected chi connectivity index (χ4v) is 2.21. The van der Waals surface area contributed by atoms with Crippen LogP contribution < -0.4 is 5.32 Å². The van der Waals surface area contributed by atoms with Gasteiger partial charge in [0.05, 0.1) is 12.6 Å². The molecule has 0 saturated carbocycles. The second-order valence-electron chi connectivity index (χ2n) is 4.51. The SMILES string of the molecule is CCC(NC)c1cc2cc(CCOC)ccc2o1. The first-order chi connectivity index (χ1) is 8.78. The molecule has 1 aromatic carbocycles. The molecule has 0 bridgehead atoms. The van der Waals surface area contributed by atoms with E-state index in [4.69, 9.17) is 9.15 Å². The summed E-state index contributed by atoms with van der Waals surface area (Å²) in [6.45, 7) is 2.91. The van der Waals surface area contributed by atoms with Crippen LogP contribution >= 0.6 is 0 Å². The molecule has 18 heavy (non-hydrogen) atoms. The third-order valence-corrected chi connectivity index (χ3v) is 3.29. The lowest BCUT2D eigenvalue weighted by atomic mass is 10.1. The molecule has 0 amide bonds. The summed E-state index contributed by atoms with van der Waals surface area (Å²) in [5, 5.41) is 4.44. The fourth-order valence-electron chi connectivity index (χ4n) is 2.21. The Morgan fingerprint density at radius 3 is 2.83 bits per heavy atom. The quantitative estimate of drug-likeness (QED) is 0.850. The summed E-state index contributed by atoms with van der Waals surface area (Å²) in [7, 11) is 3.69. The number of rotatable bonds is 6. The van der Waals surface area contributed by atoms with Crippen LogP contribution in [-0.4, -0.2) is 20.8 Å². The van der Waals surface area contributed by atoms with Crippen molar-refractivity contribution in [2.75, 3.05) is 20.8 Å². The van der Waals surface area contributed by atoms with Gasteiger partial charge < -0.3 is 14.5 Å². The van der Waals surface area contributed by atoms with Gasteiger partial charge >= 0.3 is 0 Å². The van der Waals surface area contributed by atoms with E-state index in [1.807, 2.05) is 13.1 Å². The summed E-state index contributed by atoms with van der Waals surface area (Å²) in [6.07, 6.45) is 1.96. The summed E-state index contributed by atoms with van der Waals surface area (Å²) in [4.78, 5) is 0. The van der Waals surface area contributed by atoms with Gasteiger partial charge in [0.25, 0.3) is 0 Å². The number of furan rings is 1. The Bertz CT molecular complexity index is 500. The molecule has 0 aliphatic heterocycles. The predicted molar refractivity (Wildman–Crippen MR) is 73.9 cm³/mol. The van der Waals surface area contributed by atoms with Gasteiger partial charge in [-0.25, -0.2) is 0 Å². The minimum atomic E-state index is 0.292. The third kappa shape index (κ3) is 2.74. The van der Waals surface area contributed by atoms with Crippen LogP contribution in [0.25, 0.3) is 11.0 Å². The fraction of sp³-hybridized carbons (Fsp3) is 0.467. The molecule has 1 atom stereocenters. The molecular formula is C15H21NO2. The van der Waals surface area contributed by atoms with Gasteiger partial charge in [0.1, 0.15) is 11.3 Å². The molecule has 1 N–H and O–H groups in total. The number of hydrogen-bond donors (Lipinski definition) is 1. The minimum absolute atomic E-state index is 0.292. The van der Waals surface area contributed by atoms with Crippen LogP contribution in [0.5, 0.6) is 0 Å². The molecule has 0 aliphatic carbocycles. The number of hydrogen-bond acceptors (Lipinski definition) is 3. The van der Waals surface area contributed by atoms with Crippen LogP contribution in [0.4, 0.5) is 0 Å². The Balaban J connectivity index is 2.27. The lowest BCUT2D eigenvalue weighted by Gasteiger charge is -2.09. The molecule has 1 heterocycles. The highest BCUT2D eigenvalue weighted by atomic mass is 16.5. The van der Waals surface area contributed by atoms with Crippen molar-refractivity contribution >= 4 is 11.0 Å². The maximum absolute atomic E-state index is 5.88. The number of fused-ring (bicyclic) bond motifs is 1. The van der Waals surface area contributed by atoms with Crippen LogP contribution in [0.2, 0.25) is 0 Å². The van der Waals surface area contributed by atoms with Gasteiger partial charge in [0.15, 0.2) is 0 Å². The van der Waals surface area contributed by atoms with Crippen LogP contribution in [0.1, 0.15) is 30.7 Å². The Morgan fingerprint density at radius 1 is 1.33 bits per heavy atom. The van der Waals surface area contributed by atoms with Crippen molar-refractivity contribution in [2.24, 2.45) is 0 Å². The van der Waals surface area contributed by atoms with Crippen molar-refractivity contribution in [2.45, 2.75) is 25.8 Å². The van der Waals surface area contributed by atoms with E-state index in [-0.39, 0.29) is 0 Å². The Labute approximate surface area is 108 Å². The average molecular weight is 247 g/mol. The summed E-state index contributed by atoms with van der Waals surface area (Å²) in [5.41, 5.74) is 2.24. The molecule has 0 saturated heterocycles. The highest BCUT2D eigenvalue weighted by Gasteiger charge is 2.12. The Hall–Kier alpha value is -1.32. The van der Waals surface area contributed by atoms with Gasteiger partial charge in [-0.05, 0) is 43.7 Å². The Morgan fingerprint density at radius 2 is 2.17 bits per heavy atom. The predicted octanol–water partition coefficient (Wildman–Crippen LogP) is 3.29. The first kappa shape index (κ1) is 13.1. The number of benzene rings is 1. The zero-order valence-electron chi connectivity index (χ0n) is 11.3. The highest BCUT2D eigenvalue weighted by molar-refractivity contribution is 5.78. The van der Waals surface area contributed by atoms with Crippen molar-refractivity contribution in [3.8, 4) is 0 Å². The van der Waals surface area contributed by atoms with Crippen molar-refractivity contribution < 1.29 is 9.15 Å². The standard InChI is InChI=1S/C15H21NO2/c1-4-13(16-2)15-10-12-9-11(7-8-17-3)5-6-14(12)18-15/h5-6,9-10,13,16H,4,7-8H2,1-3H3. The van der Waals surface area contributed by atoms with Crippen molar-refractivity contribution in [1.82, 2.24) is 5.32 Å². The van der Waals surface area contributed by atoms with Crippen LogP contribution in [0.15, 0.2) is 28.7 Å². The smallest absolute Gasteiger partial charge is 0.134 e. The van der Waals surface area contributed by atoms with E-state index in [0.29, 0.717) is 6.04 Å². The number of methoxy groups -OCH3 is 1.